The number of amides is 2. The Morgan fingerprint density at radius 1 is 1.35 bits per heavy atom. The lowest BCUT2D eigenvalue weighted by molar-refractivity contribution is -0.135. The summed E-state index contributed by atoms with van der Waals surface area (Å²) in [6.07, 6.45) is -0.562. The molecule has 0 spiro atoms. The molecule has 0 aromatic rings. The third-order valence-electron chi connectivity index (χ3n) is 2.99. The molecule has 1 aliphatic rings. The molecule has 1 atom stereocenters. The maximum Gasteiger partial charge on any atom is 0.408 e. The summed E-state index contributed by atoms with van der Waals surface area (Å²) in [5, 5.41) is 5.94. The molecule has 0 saturated carbocycles. The molecule has 0 aromatic heterocycles. The van der Waals surface area contributed by atoms with Crippen molar-refractivity contribution in [1.29, 1.82) is 0 Å². The number of alkyl carbamates (subject to hydrolysis) is 1. The number of nitrogens with zero attached hydrogens (tertiary/aromatic N) is 1. The van der Waals surface area contributed by atoms with E-state index in [2.05, 4.69) is 24.5 Å². The zero-order chi connectivity index (χ0) is 15.6. The number of hydrogen-bond donors (Lipinski definition) is 2. The summed E-state index contributed by atoms with van der Waals surface area (Å²) < 4.78 is 5.15. The summed E-state index contributed by atoms with van der Waals surface area (Å²) in [6, 6.07) is -0.584. The number of piperazine rings is 1. The van der Waals surface area contributed by atoms with Crippen LogP contribution in [0, 0.1) is 0 Å². The van der Waals surface area contributed by atoms with E-state index >= 15 is 0 Å². The van der Waals surface area contributed by atoms with E-state index in [9.17, 15) is 9.59 Å². The minimum Gasteiger partial charge on any atom is -0.444 e. The van der Waals surface area contributed by atoms with Gasteiger partial charge in [0.25, 0.3) is 0 Å². The van der Waals surface area contributed by atoms with E-state index in [1.165, 1.54) is 0 Å². The number of rotatable bonds is 2. The highest BCUT2D eigenvalue weighted by Gasteiger charge is 2.31. The Labute approximate surface area is 121 Å². The van der Waals surface area contributed by atoms with Crippen molar-refractivity contribution in [2.45, 2.75) is 58.7 Å². The van der Waals surface area contributed by atoms with Crippen molar-refractivity contribution >= 4 is 12.0 Å². The summed E-state index contributed by atoms with van der Waals surface area (Å²) in [4.78, 5) is 25.8. The van der Waals surface area contributed by atoms with E-state index in [-0.39, 0.29) is 11.4 Å². The molecule has 0 unspecified atom stereocenters. The minimum absolute atomic E-state index is 0.0783. The fourth-order valence-electron chi connectivity index (χ4n) is 2.15. The van der Waals surface area contributed by atoms with E-state index in [4.69, 9.17) is 4.74 Å². The van der Waals surface area contributed by atoms with E-state index in [1.807, 2.05) is 0 Å². The fraction of sp³-hybridized carbons (Fsp3) is 0.857. The molecular formula is C14H27N3O3. The zero-order valence-electron chi connectivity index (χ0n) is 13.4. The smallest absolute Gasteiger partial charge is 0.408 e. The average Bonchev–Trinajstić information content (AvgIpc) is 2.23. The number of nitrogens with one attached hydrogen (secondary N) is 2. The Hall–Kier alpha value is -1.30. The quantitative estimate of drug-likeness (QED) is 0.797. The first-order valence-corrected chi connectivity index (χ1v) is 7.03. The lowest BCUT2D eigenvalue weighted by Gasteiger charge is -2.40. The summed E-state index contributed by atoms with van der Waals surface area (Å²) in [6.45, 7) is 13.2. The van der Waals surface area contributed by atoms with Crippen LogP contribution in [0.2, 0.25) is 0 Å². The molecule has 1 heterocycles. The van der Waals surface area contributed by atoms with Crippen molar-refractivity contribution < 1.29 is 14.3 Å². The van der Waals surface area contributed by atoms with Crippen LogP contribution in [-0.4, -0.2) is 53.7 Å². The highest BCUT2D eigenvalue weighted by atomic mass is 16.6. The lowest BCUT2D eigenvalue weighted by atomic mass is 10.0. The standard InChI is InChI=1S/C14H27N3O3/c1-10(16-12(19)20-13(2,3)4)11(18)17-8-7-15-14(5,6)9-17/h10,15H,7-9H2,1-6H3,(H,16,19)/t10-/m0/s1. The SMILES string of the molecule is C[C@H](NC(=O)OC(C)(C)C)C(=O)N1CCNC(C)(C)C1. The number of hydrogen-bond acceptors (Lipinski definition) is 4. The van der Waals surface area contributed by atoms with Crippen LogP contribution in [0.4, 0.5) is 4.79 Å². The van der Waals surface area contributed by atoms with Gasteiger partial charge in [-0.1, -0.05) is 0 Å². The van der Waals surface area contributed by atoms with Crippen molar-refractivity contribution in [3.63, 3.8) is 0 Å². The third kappa shape index (κ3) is 5.36. The van der Waals surface area contributed by atoms with Gasteiger partial charge in [0.15, 0.2) is 0 Å². The number of carbonyl (C=O) groups is 2. The Morgan fingerprint density at radius 2 is 1.95 bits per heavy atom. The molecule has 1 aliphatic heterocycles. The zero-order valence-corrected chi connectivity index (χ0v) is 13.4. The van der Waals surface area contributed by atoms with Crippen LogP contribution in [0.15, 0.2) is 0 Å². The maximum absolute atomic E-state index is 12.3. The molecule has 1 fully saturated rings. The van der Waals surface area contributed by atoms with Crippen molar-refractivity contribution in [2.75, 3.05) is 19.6 Å². The topological polar surface area (TPSA) is 70.7 Å². The van der Waals surface area contributed by atoms with Crippen LogP contribution in [0.1, 0.15) is 41.5 Å². The van der Waals surface area contributed by atoms with Gasteiger partial charge in [-0.05, 0) is 41.5 Å². The molecule has 2 N–H and O–H groups in total. The third-order valence-corrected chi connectivity index (χ3v) is 2.99. The van der Waals surface area contributed by atoms with Crippen LogP contribution in [0.3, 0.4) is 0 Å². The highest BCUT2D eigenvalue weighted by Crippen LogP contribution is 2.12. The maximum atomic E-state index is 12.3. The van der Waals surface area contributed by atoms with E-state index < -0.39 is 17.7 Å². The van der Waals surface area contributed by atoms with E-state index in [0.717, 1.165) is 6.54 Å². The summed E-state index contributed by atoms with van der Waals surface area (Å²) in [5.41, 5.74) is -0.663. The van der Waals surface area contributed by atoms with Gasteiger partial charge in [0.05, 0.1) is 0 Å². The van der Waals surface area contributed by atoms with Gasteiger partial charge < -0.3 is 20.3 Å². The summed E-state index contributed by atoms with van der Waals surface area (Å²) >= 11 is 0. The molecule has 2 amide bonds. The monoisotopic (exact) mass is 285 g/mol. The largest absolute Gasteiger partial charge is 0.444 e. The molecule has 116 valence electrons. The molecular weight excluding hydrogens is 258 g/mol. The Kier molecular flexibility index (Phi) is 5.02. The Balaban J connectivity index is 2.52. The van der Waals surface area contributed by atoms with Crippen molar-refractivity contribution in [3.8, 4) is 0 Å². The lowest BCUT2D eigenvalue weighted by Crippen LogP contribution is -2.61. The highest BCUT2D eigenvalue weighted by molar-refractivity contribution is 5.85. The average molecular weight is 285 g/mol. The Morgan fingerprint density at radius 3 is 2.45 bits per heavy atom. The summed E-state index contributed by atoms with van der Waals surface area (Å²) in [5.74, 6) is -0.0783. The molecule has 6 heteroatoms. The predicted octanol–water partition coefficient (Wildman–Crippen LogP) is 1.11. The Bertz CT molecular complexity index is 374. The molecule has 0 aliphatic carbocycles. The fourth-order valence-corrected chi connectivity index (χ4v) is 2.15. The number of carbonyl (C=O) groups excluding carboxylic acids is 2. The van der Waals surface area contributed by atoms with Crippen molar-refractivity contribution in [3.05, 3.63) is 0 Å². The van der Waals surface area contributed by atoms with Crippen LogP contribution >= 0.6 is 0 Å². The van der Waals surface area contributed by atoms with Crippen LogP contribution in [0.25, 0.3) is 0 Å². The normalized spacial score (nSPS) is 20.2. The second kappa shape index (κ2) is 5.99. The first-order valence-electron chi connectivity index (χ1n) is 7.03. The predicted molar refractivity (Wildman–Crippen MR) is 77.5 cm³/mol. The van der Waals surface area contributed by atoms with Gasteiger partial charge in [-0.2, -0.15) is 0 Å². The van der Waals surface area contributed by atoms with Gasteiger partial charge in [0, 0.05) is 25.2 Å². The molecule has 0 bridgehead atoms. The van der Waals surface area contributed by atoms with E-state index in [0.29, 0.717) is 13.1 Å². The van der Waals surface area contributed by atoms with Crippen LogP contribution in [0.5, 0.6) is 0 Å². The molecule has 0 radical (unpaired) electrons. The van der Waals surface area contributed by atoms with Crippen molar-refractivity contribution in [2.24, 2.45) is 0 Å². The minimum atomic E-state index is -0.584. The van der Waals surface area contributed by atoms with Crippen LogP contribution < -0.4 is 10.6 Å². The van der Waals surface area contributed by atoms with Gasteiger partial charge >= 0.3 is 6.09 Å². The first-order chi connectivity index (χ1) is 9.00. The van der Waals surface area contributed by atoms with E-state index in [1.54, 1.807) is 32.6 Å². The summed E-state index contributed by atoms with van der Waals surface area (Å²) in [7, 11) is 0. The van der Waals surface area contributed by atoms with Gasteiger partial charge in [-0.15, -0.1) is 0 Å². The van der Waals surface area contributed by atoms with Crippen molar-refractivity contribution in [1.82, 2.24) is 15.5 Å². The number of ether oxygens (including phenoxy) is 1. The molecule has 1 rings (SSSR count). The molecule has 20 heavy (non-hydrogen) atoms. The first kappa shape index (κ1) is 16.8. The van der Waals surface area contributed by atoms with Gasteiger partial charge in [-0.25, -0.2) is 4.79 Å². The van der Waals surface area contributed by atoms with Gasteiger partial charge in [0.2, 0.25) is 5.91 Å². The second-order valence-corrected chi connectivity index (χ2v) is 6.94. The molecule has 6 nitrogen and oxygen atoms in total. The van der Waals surface area contributed by atoms with Gasteiger partial charge in [-0.3, -0.25) is 4.79 Å². The molecule has 1 saturated heterocycles. The van der Waals surface area contributed by atoms with Gasteiger partial charge in [0.1, 0.15) is 11.6 Å². The molecule has 0 aromatic carbocycles. The second-order valence-electron chi connectivity index (χ2n) is 6.94. The van der Waals surface area contributed by atoms with Crippen LogP contribution in [-0.2, 0) is 9.53 Å².